The van der Waals surface area contributed by atoms with Gasteiger partial charge in [0.1, 0.15) is 0 Å². The molecule has 0 aromatic heterocycles. The normalized spacial score (nSPS) is 27.2. The Labute approximate surface area is 133 Å². The summed E-state index contributed by atoms with van der Waals surface area (Å²) in [5.41, 5.74) is 7.08. The van der Waals surface area contributed by atoms with Crippen molar-refractivity contribution in [2.45, 2.75) is 19.3 Å². The highest BCUT2D eigenvalue weighted by Crippen LogP contribution is 2.32. The minimum Gasteiger partial charge on any atom is -0.368 e. The van der Waals surface area contributed by atoms with Gasteiger partial charge in [0.2, 0.25) is 0 Å². The molecule has 1 saturated carbocycles. The van der Waals surface area contributed by atoms with Gasteiger partial charge in [0.25, 0.3) is 0 Å². The van der Waals surface area contributed by atoms with E-state index < -0.39 is 0 Å². The number of para-hydroxylation sites is 1. The highest BCUT2D eigenvalue weighted by molar-refractivity contribution is 6.33. The van der Waals surface area contributed by atoms with Gasteiger partial charge in [0.05, 0.1) is 10.7 Å². The molecule has 1 heterocycles. The molecule has 3 rings (SSSR count). The van der Waals surface area contributed by atoms with Crippen LogP contribution in [-0.2, 0) is 0 Å². The zero-order valence-corrected chi connectivity index (χ0v) is 13.4. The summed E-state index contributed by atoms with van der Waals surface area (Å²) in [5, 5.41) is 0.866. The summed E-state index contributed by atoms with van der Waals surface area (Å²) in [4.78, 5) is 5.03. The molecule has 1 aromatic carbocycles. The quantitative estimate of drug-likeness (QED) is 0.928. The van der Waals surface area contributed by atoms with Crippen LogP contribution in [-0.4, -0.2) is 44.2 Å². The van der Waals surface area contributed by atoms with Crippen LogP contribution < -0.4 is 10.6 Å². The lowest BCUT2D eigenvalue weighted by Gasteiger charge is -2.38. The van der Waals surface area contributed by atoms with Crippen LogP contribution in [0.15, 0.2) is 24.3 Å². The summed E-state index contributed by atoms with van der Waals surface area (Å²) in [7, 11) is 0. The Hall–Kier alpha value is -0.770. The minimum atomic E-state index is 0.756. The van der Waals surface area contributed by atoms with Crippen molar-refractivity contribution in [1.29, 1.82) is 0 Å². The van der Waals surface area contributed by atoms with Crippen molar-refractivity contribution in [3.8, 4) is 0 Å². The third kappa shape index (κ3) is 3.53. The van der Waals surface area contributed by atoms with Crippen LogP contribution in [0.25, 0.3) is 0 Å². The molecule has 2 aliphatic rings. The molecule has 1 aliphatic carbocycles. The lowest BCUT2D eigenvalue weighted by Crippen LogP contribution is -2.48. The van der Waals surface area contributed by atoms with E-state index in [0.717, 1.165) is 49.6 Å². The number of halogens is 1. The number of nitrogens with two attached hydrogens (primary N) is 1. The summed E-state index contributed by atoms with van der Waals surface area (Å²) in [6.07, 6.45) is 4.07. The average Bonchev–Trinajstić information content (AvgIpc) is 2.96. The van der Waals surface area contributed by atoms with Crippen molar-refractivity contribution in [3.63, 3.8) is 0 Å². The van der Waals surface area contributed by atoms with Crippen molar-refractivity contribution >= 4 is 17.3 Å². The molecule has 2 N–H and O–H groups in total. The molecule has 116 valence electrons. The summed E-state index contributed by atoms with van der Waals surface area (Å²) < 4.78 is 0. The van der Waals surface area contributed by atoms with Crippen LogP contribution in [0.3, 0.4) is 0 Å². The fourth-order valence-electron chi connectivity index (χ4n) is 3.88. The van der Waals surface area contributed by atoms with Gasteiger partial charge in [-0.3, -0.25) is 4.90 Å². The van der Waals surface area contributed by atoms with Gasteiger partial charge < -0.3 is 10.6 Å². The largest absolute Gasteiger partial charge is 0.368 e. The third-order valence-corrected chi connectivity index (χ3v) is 5.50. The molecule has 1 saturated heterocycles. The molecule has 1 aliphatic heterocycles. The molecule has 21 heavy (non-hydrogen) atoms. The van der Waals surface area contributed by atoms with Crippen LogP contribution in [0.1, 0.15) is 19.3 Å². The predicted molar refractivity (Wildman–Crippen MR) is 90.0 cm³/mol. The maximum absolute atomic E-state index is 6.30. The minimum absolute atomic E-state index is 0.756. The van der Waals surface area contributed by atoms with Gasteiger partial charge in [-0.15, -0.1) is 0 Å². The number of hydrogen-bond donors (Lipinski definition) is 1. The maximum Gasteiger partial charge on any atom is 0.0639 e. The molecular formula is C17H26ClN3. The summed E-state index contributed by atoms with van der Waals surface area (Å²) in [6.45, 7) is 6.52. The molecule has 2 atom stereocenters. The SMILES string of the molecule is NCC1CCCC1CN1CCN(c2ccccc2Cl)CC1. The zero-order chi connectivity index (χ0) is 14.7. The second-order valence-corrected chi connectivity index (χ2v) is 6.83. The number of nitrogens with zero attached hydrogens (tertiary/aromatic N) is 2. The van der Waals surface area contributed by atoms with E-state index in [-0.39, 0.29) is 0 Å². The first-order valence-corrected chi connectivity index (χ1v) is 8.57. The first-order chi connectivity index (χ1) is 10.3. The van der Waals surface area contributed by atoms with E-state index in [0.29, 0.717) is 0 Å². The topological polar surface area (TPSA) is 32.5 Å². The lowest BCUT2D eigenvalue weighted by atomic mass is 9.95. The van der Waals surface area contributed by atoms with Gasteiger partial charge in [-0.2, -0.15) is 0 Å². The van der Waals surface area contributed by atoms with Crippen LogP contribution in [0, 0.1) is 11.8 Å². The summed E-state index contributed by atoms with van der Waals surface area (Å²) in [5.74, 6) is 1.58. The van der Waals surface area contributed by atoms with E-state index in [1.54, 1.807) is 0 Å². The number of piperazine rings is 1. The van der Waals surface area contributed by atoms with Gasteiger partial charge in [0, 0.05) is 32.7 Å². The van der Waals surface area contributed by atoms with Crippen LogP contribution in [0.2, 0.25) is 5.02 Å². The van der Waals surface area contributed by atoms with E-state index >= 15 is 0 Å². The molecule has 2 fully saturated rings. The van der Waals surface area contributed by atoms with Gasteiger partial charge in [0.15, 0.2) is 0 Å². The molecular weight excluding hydrogens is 282 g/mol. The standard InChI is InChI=1S/C17H26ClN3/c18-16-6-1-2-7-17(16)21-10-8-20(9-11-21)13-15-5-3-4-14(15)12-19/h1-2,6-7,14-15H,3-5,8-13,19H2. The van der Waals surface area contributed by atoms with Gasteiger partial charge in [-0.05, 0) is 43.4 Å². The Bertz CT molecular complexity index is 457. The lowest BCUT2D eigenvalue weighted by molar-refractivity contribution is 0.197. The molecule has 4 heteroatoms. The van der Waals surface area contributed by atoms with Crippen molar-refractivity contribution in [1.82, 2.24) is 4.90 Å². The average molecular weight is 308 g/mol. The number of benzene rings is 1. The van der Waals surface area contributed by atoms with Gasteiger partial charge >= 0.3 is 0 Å². The Morgan fingerprint density at radius 3 is 2.48 bits per heavy atom. The Balaban J connectivity index is 1.52. The van der Waals surface area contributed by atoms with Crippen LogP contribution in [0.4, 0.5) is 5.69 Å². The van der Waals surface area contributed by atoms with E-state index in [2.05, 4.69) is 21.9 Å². The molecule has 0 amide bonds. The van der Waals surface area contributed by atoms with Crippen LogP contribution >= 0.6 is 11.6 Å². The highest BCUT2D eigenvalue weighted by Gasteiger charge is 2.29. The predicted octanol–water partition coefficient (Wildman–Crippen LogP) is 2.84. The van der Waals surface area contributed by atoms with Crippen molar-refractivity contribution in [3.05, 3.63) is 29.3 Å². The number of hydrogen-bond acceptors (Lipinski definition) is 3. The first-order valence-electron chi connectivity index (χ1n) is 8.20. The monoisotopic (exact) mass is 307 g/mol. The van der Waals surface area contributed by atoms with E-state index in [1.807, 2.05) is 12.1 Å². The molecule has 2 unspecified atom stereocenters. The zero-order valence-electron chi connectivity index (χ0n) is 12.7. The molecule has 1 aromatic rings. The fraction of sp³-hybridized carbons (Fsp3) is 0.647. The van der Waals surface area contributed by atoms with E-state index in [4.69, 9.17) is 17.3 Å². The second-order valence-electron chi connectivity index (χ2n) is 6.43. The first kappa shape index (κ1) is 15.1. The Morgan fingerprint density at radius 2 is 1.76 bits per heavy atom. The molecule has 3 nitrogen and oxygen atoms in total. The van der Waals surface area contributed by atoms with Crippen LogP contribution in [0.5, 0.6) is 0 Å². The third-order valence-electron chi connectivity index (χ3n) is 5.18. The fourth-order valence-corrected chi connectivity index (χ4v) is 4.13. The van der Waals surface area contributed by atoms with E-state index in [1.165, 1.54) is 31.5 Å². The molecule has 0 spiro atoms. The Kier molecular flexibility index (Phi) is 5.04. The summed E-state index contributed by atoms with van der Waals surface area (Å²) >= 11 is 6.30. The van der Waals surface area contributed by atoms with Gasteiger partial charge in [-0.25, -0.2) is 0 Å². The van der Waals surface area contributed by atoms with Gasteiger partial charge in [-0.1, -0.05) is 30.2 Å². The second kappa shape index (κ2) is 6.99. The Morgan fingerprint density at radius 1 is 1.05 bits per heavy atom. The smallest absolute Gasteiger partial charge is 0.0639 e. The highest BCUT2D eigenvalue weighted by atomic mass is 35.5. The van der Waals surface area contributed by atoms with E-state index in [9.17, 15) is 0 Å². The molecule has 0 radical (unpaired) electrons. The van der Waals surface area contributed by atoms with Crippen molar-refractivity contribution < 1.29 is 0 Å². The molecule has 0 bridgehead atoms. The van der Waals surface area contributed by atoms with Crippen molar-refractivity contribution in [2.75, 3.05) is 44.2 Å². The number of anilines is 1. The van der Waals surface area contributed by atoms with Crippen molar-refractivity contribution in [2.24, 2.45) is 17.6 Å². The maximum atomic E-state index is 6.30. The summed E-state index contributed by atoms with van der Waals surface area (Å²) in [6, 6.07) is 8.17. The number of rotatable bonds is 4.